The Morgan fingerprint density at radius 1 is 1.12 bits per heavy atom. The standard InChI is InChI=1S/C18H29N3O5/c22-12-16-15(20-18(24)11-21-6-8-25-9-7-21)5-4-14(26-16)10-17(23)19-13-2-1-3-13/h4-5,13-16,22H,1-3,6-12H2,(H,19,23)(H,20,24)/t14-,15-,16+/m0/s1. The van der Waals surface area contributed by atoms with Crippen LogP contribution in [0.2, 0.25) is 0 Å². The topological polar surface area (TPSA) is 100 Å². The first kappa shape index (κ1) is 19.3. The molecule has 2 fully saturated rings. The lowest BCUT2D eigenvalue weighted by molar-refractivity contribution is -0.129. The van der Waals surface area contributed by atoms with E-state index in [0.29, 0.717) is 25.8 Å². The summed E-state index contributed by atoms with van der Waals surface area (Å²) in [5.41, 5.74) is 0. The van der Waals surface area contributed by atoms with Gasteiger partial charge >= 0.3 is 0 Å². The molecule has 3 rings (SSSR count). The fourth-order valence-corrected chi connectivity index (χ4v) is 3.35. The fourth-order valence-electron chi connectivity index (χ4n) is 3.35. The maximum absolute atomic E-state index is 12.2. The molecule has 0 bridgehead atoms. The normalized spacial score (nSPS) is 29.8. The molecule has 0 aromatic rings. The molecular weight excluding hydrogens is 338 g/mol. The summed E-state index contributed by atoms with van der Waals surface area (Å²) in [6.07, 6.45) is 6.19. The zero-order valence-corrected chi connectivity index (χ0v) is 15.1. The van der Waals surface area contributed by atoms with Gasteiger partial charge in [-0.3, -0.25) is 14.5 Å². The van der Waals surface area contributed by atoms with E-state index in [1.165, 1.54) is 6.42 Å². The van der Waals surface area contributed by atoms with Crippen molar-refractivity contribution in [1.82, 2.24) is 15.5 Å². The van der Waals surface area contributed by atoms with E-state index in [4.69, 9.17) is 9.47 Å². The van der Waals surface area contributed by atoms with Gasteiger partial charge in [-0.05, 0) is 19.3 Å². The average molecular weight is 367 g/mol. The predicted octanol–water partition coefficient (Wildman–Crippen LogP) is -0.822. The van der Waals surface area contributed by atoms with Crippen LogP contribution in [0.3, 0.4) is 0 Å². The highest BCUT2D eigenvalue weighted by atomic mass is 16.5. The first-order chi connectivity index (χ1) is 12.6. The van der Waals surface area contributed by atoms with E-state index in [-0.39, 0.29) is 37.0 Å². The molecule has 0 radical (unpaired) electrons. The van der Waals surface area contributed by atoms with Crippen LogP contribution in [0, 0.1) is 0 Å². The summed E-state index contributed by atoms with van der Waals surface area (Å²) in [7, 11) is 0. The van der Waals surface area contributed by atoms with Gasteiger partial charge in [-0.15, -0.1) is 0 Å². The number of aliphatic hydroxyl groups is 1. The van der Waals surface area contributed by atoms with E-state index in [0.717, 1.165) is 25.9 Å². The monoisotopic (exact) mass is 367 g/mol. The quantitative estimate of drug-likeness (QED) is 0.509. The number of nitrogens with zero attached hydrogens (tertiary/aromatic N) is 1. The number of aliphatic hydroxyl groups excluding tert-OH is 1. The summed E-state index contributed by atoms with van der Waals surface area (Å²) < 4.78 is 11.1. The minimum atomic E-state index is -0.546. The molecule has 3 N–H and O–H groups in total. The molecule has 8 nitrogen and oxygen atoms in total. The smallest absolute Gasteiger partial charge is 0.234 e. The van der Waals surface area contributed by atoms with Crippen LogP contribution in [-0.4, -0.2) is 85.6 Å². The molecule has 1 saturated heterocycles. The Bertz CT molecular complexity index is 517. The summed E-state index contributed by atoms with van der Waals surface area (Å²) >= 11 is 0. The lowest BCUT2D eigenvalue weighted by Gasteiger charge is -2.33. The SMILES string of the molecule is O=C(C[C@@H]1C=C[C@H](NC(=O)CN2CCOCC2)[C@@H](CO)O1)NC1CCC1. The Labute approximate surface area is 153 Å². The van der Waals surface area contributed by atoms with E-state index in [1.54, 1.807) is 6.08 Å². The highest BCUT2D eigenvalue weighted by Crippen LogP contribution is 2.19. The van der Waals surface area contributed by atoms with Gasteiger partial charge in [-0.2, -0.15) is 0 Å². The van der Waals surface area contributed by atoms with Crippen molar-refractivity contribution in [3.63, 3.8) is 0 Å². The molecule has 0 spiro atoms. The molecule has 3 atom stereocenters. The maximum Gasteiger partial charge on any atom is 0.234 e. The van der Waals surface area contributed by atoms with Crippen molar-refractivity contribution in [2.75, 3.05) is 39.5 Å². The molecule has 1 aliphatic carbocycles. The van der Waals surface area contributed by atoms with Crippen LogP contribution < -0.4 is 10.6 Å². The third kappa shape index (κ3) is 5.51. The summed E-state index contributed by atoms with van der Waals surface area (Å²) in [5.74, 6) is -0.138. The maximum atomic E-state index is 12.2. The lowest BCUT2D eigenvalue weighted by atomic mass is 9.93. The number of amides is 2. The number of nitrogens with one attached hydrogen (secondary N) is 2. The van der Waals surface area contributed by atoms with Crippen molar-refractivity contribution >= 4 is 11.8 Å². The third-order valence-corrected chi connectivity index (χ3v) is 5.12. The van der Waals surface area contributed by atoms with Gasteiger partial charge in [0.25, 0.3) is 0 Å². The average Bonchev–Trinajstić information content (AvgIpc) is 2.60. The predicted molar refractivity (Wildman–Crippen MR) is 94.5 cm³/mol. The minimum Gasteiger partial charge on any atom is -0.394 e. The van der Waals surface area contributed by atoms with Crippen molar-refractivity contribution in [3.8, 4) is 0 Å². The molecule has 146 valence electrons. The summed E-state index contributed by atoms with van der Waals surface area (Å²) in [5, 5.41) is 15.5. The number of rotatable bonds is 7. The summed E-state index contributed by atoms with van der Waals surface area (Å²) in [6.45, 7) is 2.86. The van der Waals surface area contributed by atoms with Crippen LogP contribution >= 0.6 is 0 Å². The molecule has 0 aromatic carbocycles. The van der Waals surface area contributed by atoms with Crippen LogP contribution in [0.25, 0.3) is 0 Å². The van der Waals surface area contributed by atoms with Gasteiger partial charge in [0.1, 0.15) is 6.10 Å². The minimum absolute atomic E-state index is 0.0316. The van der Waals surface area contributed by atoms with E-state index in [9.17, 15) is 14.7 Å². The second-order valence-corrected chi connectivity index (χ2v) is 7.16. The highest BCUT2D eigenvalue weighted by Gasteiger charge is 2.30. The number of ether oxygens (including phenoxy) is 2. The van der Waals surface area contributed by atoms with Crippen LogP contribution in [-0.2, 0) is 19.1 Å². The van der Waals surface area contributed by atoms with Crippen LogP contribution in [0.4, 0.5) is 0 Å². The van der Waals surface area contributed by atoms with Gasteiger partial charge in [0.2, 0.25) is 11.8 Å². The highest BCUT2D eigenvalue weighted by molar-refractivity contribution is 5.79. The number of morpholine rings is 1. The van der Waals surface area contributed by atoms with E-state index >= 15 is 0 Å². The van der Waals surface area contributed by atoms with E-state index in [2.05, 4.69) is 10.6 Å². The van der Waals surface area contributed by atoms with Gasteiger partial charge < -0.3 is 25.2 Å². The molecule has 2 aliphatic heterocycles. The number of carbonyl (C=O) groups is 2. The molecule has 2 amide bonds. The molecule has 1 saturated carbocycles. The number of hydrogen-bond acceptors (Lipinski definition) is 6. The Morgan fingerprint density at radius 2 is 1.88 bits per heavy atom. The lowest BCUT2D eigenvalue weighted by Crippen LogP contribution is -2.52. The zero-order chi connectivity index (χ0) is 18.4. The summed E-state index contributed by atoms with van der Waals surface area (Å²) in [6, 6.07) is -0.0876. The zero-order valence-electron chi connectivity index (χ0n) is 15.1. The van der Waals surface area contributed by atoms with Crippen molar-refractivity contribution in [2.24, 2.45) is 0 Å². The van der Waals surface area contributed by atoms with Crippen molar-refractivity contribution in [3.05, 3.63) is 12.2 Å². The van der Waals surface area contributed by atoms with Gasteiger partial charge in [0.05, 0.1) is 44.9 Å². The van der Waals surface area contributed by atoms with E-state index in [1.807, 2.05) is 11.0 Å². The van der Waals surface area contributed by atoms with Gasteiger partial charge in [-0.25, -0.2) is 0 Å². The second kappa shape index (κ2) is 9.45. The van der Waals surface area contributed by atoms with E-state index < -0.39 is 6.10 Å². The Balaban J connectivity index is 1.45. The van der Waals surface area contributed by atoms with Gasteiger partial charge in [0, 0.05) is 19.1 Å². The van der Waals surface area contributed by atoms with Gasteiger partial charge in [0.15, 0.2) is 0 Å². The fraction of sp³-hybridized carbons (Fsp3) is 0.778. The molecule has 3 aliphatic rings. The number of carbonyl (C=O) groups excluding carboxylic acids is 2. The van der Waals surface area contributed by atoms with Crippen molar-refractivity contribution in [2.45, 2.75) is 50.0 Å². The number of hydrogen-bond donors (Lipinski definition) is 3. The first-order valence-electron chi connectivity index (χ1n) is 9.47. The molecule has 2 heterocycles. The van der Waals surface area contributed by atoms with Crippen LogP contribution in [0.5, 0.6) is 0 Å². The molecule has 0 aromatic heterocycles. The van der Waals surface area contributed by atoms with Crippen molar-refractivity contribution < 1.29 is 24.2 Å². The van der Waals surface area contributed by atoms with Gasteiger partial charge in [-0.1, -0.05) is 12.2 Å². The van der Waals surface area contributed by atoms with Crippen LogP contribution in [0.15, 0.2) is 12.2 Å². The second-order valence-electron chi connectivity index (χ2n) is 7.16. The van der Waals surface area contributed by atoms with Crippen molar-refractivity contribution in [1.29, 1.82) is 0 Å². The first-order valence-corrected chi connectivity index (χ1v) is 9.47. The Kier molecular flexibility index (Phi) is 7.01. The third-order valence-electron chi connectivity index (χ3n) is 5.12. The molecular formula is C18H29N3O5. The molecule has 0 unspecified atom stereocenters. The molecule has 26 heavy (non-hydrogen) atoms. The summed E-state index contributed by atoms with van der Waals surface area (Å²) in [4.78, 5) is 26.3. The largest absolute Gasteiger partial charge is 0.394 e. The van der Waals surface area contributed by atoms with Crippen LogP contribution in [0.1, 0.15) is 25.7 Å². The Morgan fingerprint density at radius 3 is 2.54 bits per heavy atom. The molecule has 8 heteroatoms. The Hall–Kier alpha value is -1.48.